The van der Waals surface area contributed by atoms with Gasteiger partial charge in [0.05, 0.1) is 16.3 Å². The van der Waals surface area contributed by atoms with Gasteiger partial charge >= 0.3 is 0 Å². The standard InChI is InChI=1S/C34H29N5O9S2/c1-19-15-24(36-38-32(21(3)40)34(42)35-23-7-5-4-6-8-23)10-12-27(19)28-13-11-25(16-20(28)2)37-39-33-29(41)14-9-22-17-26(49(43,44)45)18-30(31(22)33)50(46,47)48/h4-18,40-41H,1-3H3,(H,35,42)(H,43,44,45)(H,46,47,48)/b32-21+,38-36?,39-37?. The molecule has 0 radical (unpaired) electrons. The summed E-state index contributed by atoms with van der Waals surface area (Å²) in [6.07, 6.45) is 0. The Labute approximate surface area is 286 Å². The quantitative estimate of drug-likeness (QED) is 0.0427. The van der Waals surface area contributed by atoms with E-state index in [9.17, 15) is 40.9 Å². The van der Waals surface area contributed by atoms with Gasteiger partial charge in [0, 0.05) is 11.1 Å². The molecule has 50 heavy (non-hydrogen) atoms. The topological polar surface area (TPSA) is 228 Å². The number of nitrogens with zero attached hydrogens (tertiary/aromatic N) is 4. The van der Waals surface area contributed by atoms with E-state index >= 15 is 0 Å². The minimum Gasteiger partial charge on any atom is -0.510 e. The van der Waals surface area contributed by atoms with Gasteiger partial charge in [-0.15, -0.1) is 10.2 Å². The van der Waals surface area contributed by atoms with Crippen LogP contribution in [0.15, 0.2) is 133 Å². The third kappa shape index (κ3) is 7.90. The molecule has 1 amide bonds. The number of carbonyl (C=O) groups excluding carboxylic acids is 1. The number of phenols is 1. The van der Waals surface area contributed by atoms with Crippen LogP contribution in [0, 0.1) is 13.8 Å². The molecule has 0 fully saturated rings. The van der Waals surface area contributed by atoms with Gasteiger partial charge in [-0.3, -0.25) is 13.9 Å². The lowest BCUT2D eigenvalue weighted by atomic mass is 9.96. The van der Waals surface area contributed by atoms with Crippen molar-refractivity contribution in [3.05, 3.63) is 114 Å². The van der Waals surface area contributed by atoms with Gasteiger partial charge in [0.25, 0.3) is 26.1 Å². The zero-order valence-corrected chi connectivity index (χ0v) is 28.2. The van der Waals surface area contributed by atoms with Gasteiger partial charge in [-0.05, 0) is 103 Å². The van der Waals surface area contributed by atoms with Crippen molar-refractivity contribution in [1.29, 1.82) is 0 Å². The molecule has 0 aromatic heterocycles. The van der Waals surface area contributed by atoms with Crippen molar-refractivity contribution < 1.29 is 40.9 Å². The number of aliphatic hydroxyl groups excluding tert-OH is 1. The number of carbonyl (C=O) groups is 1. The van der Waals surface area contributed by atoms with Gasteiger partial charge in [0.2, 0.25) is 0 Å². The number of rotatable bonds is 9. The molecule has 0 aliphatic carbocycles. The van der Waals surface area contributed by atoms with E-state index in [2.05, 4.69) is 25.8 Å². The molecule has 256 valence electrons. The summed E-state index contributed by atoms with van der Waals surface area (Å²) in [4.78, 5) is 11.0. The Morgan fingerprint density at radius 3 is 1.86 bits per heavy atom. The van der Waals surface area contributed by atoms with Crippen molar-refractivity contribution in [1.82, 2.24) is 0 Å². The van der Waals surface area contributed by atoms with Gasteiger partial charge in [0.15, 0.2) is 5.70 Å². The lowest BCUT2D eigenvalue weighted by Gasteiger charge is -2.11. The van der Waals surface area contributed by atoms with Crippen molar-refractivity contribution in [3.63, 3.8) is 0 Å². The Kier molecular flexibility index (Phi) is 9.92. The van der Waals surface area contributed by atoms with E-state index in [0.29, 0.717) is 23.1 Å². The summed E-state index contributed by atoms with van der Waals surface area (Å²) in [6, 6.07) is 23.0. The molecule has 0 unspecified atom stereocenters. The number of amides is 1. The van der Waals surface area contributed by atoms with Crippen molar-refractivity contribution >= 4 is 59.7 Å². The van der Waals surface area contributed by atoms with Crippen molar-refractivity contribution in [2.75, 3.05) is 5.32 Å². The monoisotopic (exact) mass is 715 g/mol. The number of allylic oxidation sites excluding steroid dienone is 1. The molecule has 0 aliphatic rings. The Morgan fingerprint density at radius 2 is 1.32 bits per heavy atom. The number of azo groups is 2. The molecule has 0 spiro atoms. The highest BCUT2D eigenvalue weighted by molar-refractivity contribution is 7.86. The Balaban J connectivity index is 1.42. The molecule has 0 heterocycles. The number of aromatic hydroxyl groups is 1. The summed E-state index contributed by atoms with van der Waals surface area (Å²) in [5.74, 6) is -1.42. The highest BCUT2D eigenvalue weighted by Gasteiger charge is 2.24. The number of phenolic OH excluding ortho intramolecular Hbond substituents is 1. The molecule has 0 saturated carbocycles. The maximum Gasteiger partial charge on any atom is 0.295 e. The Hall–Kier alpha value is -5.81. The molecule has 14 nitrogen and oxygen atoms in total. The maximum absolute atomic E-state index is 12.7. The molecule has 0 aliphatic heterocycles. The van der Waals surface area contributed by atoms with Crippen LogP contribution in [0.25, 0.3) is 21.9 Å². The van der Waals surface area contributed by atoms with Gasteiger partial charge < -0.3 is 15.5 Å². The number of benzene rings is 5. The first-order chi connectivity index (χ1) is 23.5. The summed E-state index contributed by atoms with van der Waals surface area (Å²) in [7, 11) is -9.89. The fourth-order valence-corrected chi connectivity index (χ4v) is 6.42. The van der Waals surface area contributed by atoms with Crippen LogP contribution >= 0.6 is 0 Å². The third-order valence-electron chi connectivity index (χ3n) is 7.41. The first-order valence-corrected chi connectivity index (χ1v) is 17.5. The van der Waals surface area contributed by atoms with E-state index < -0.39 is 41.7 Å². The SMILES string of the molecule is C/C(O)=C(\N=Nc1ccc(-c2ccc(N=Nc3c(O)ccc4cc(S(=O)(=O)O)cc(S(=O)(=O)O)c34)cc2C)c(C)c1)C(=O)Nc1ccccc1. The van der Waals surface area contributed by atoms with Gasteiger partial charge in [-0.25, -0.2) is 0 Å². The van der Waals surface area contributed by atoms with Crippen LogP contribution in [0.2, 0.25) is 0 Å². The van der Waals surface area contributed by atoms with Crippen LogP contribution in [0.5, 0.6) is 5.75 Å². The number of aryl methyl sites for hydroxylation is 2. The number of aliphatic hydroxyl groups is 1. The first-order valence-electron chi connectivity index (χ1n) is 14.6. The van der Waals surface area contributed by atoms with Gasteiger partial charge in [-0.2, -0.15) is 27.1 Å². The number of hydrogen-bond acceptors (Lipinski definition) is 11. The average Bonchev–Trinajstić information content (AvgIpc) is 3.04. The second kappa shape index (κ2) is 14.0. The van der Waals surface area contributed by atoms with Crippen LogP contribution in [-0.4, -0.2) is 42.1 Å². The van der Waals surface area contributed by atoms with Crippen molar-refractivity contribution in [2.45, 2.75) is 30.6 Å². The molecule has 0 atom stereocenters. The number of para-hydroxylation sites is 1. The molecule has 5 N–H and O–H groups in total. The lowest BCUT2D eigenvalue weighted by Crippen LogP contribution is -2.14. The Morgan fingerprint density at radius 1 is 0.720 bits per heavy atom. The van der Waals surface area contributed by atoms with Crippen LogP contribution in [-0.2, 0) is 25.0 Å². The number of hydrogen-bond donors (Lipinski definition) is 5. The van der Waals surface area contributed by atoms with Crippen LogP contribution in [0.1, 0.15) is 18.1 Å². The predicted molar refractivity (Wildman–Crippen MR) is 186 cm³/mol. The van der Waals surface area contributed by atoms with E-state index in [4.69, 9.17) is 0 Å². The van der Waals surface area contributed by atoms with E-state index in [-0.39, 0.29) is 27.9 Å². The molecule has 16 heteroatoms. The summed E-state index contributed by atoms with van der Waals surface area (Å²) < 4.78 is 67.2. The number of anilines is 1. The van der Waals surface area contributed by atoms with Gasteiger partial charge in [-0.1, -0.05) is 36.4 Å². The molecule has 5 rings (SSSR count). The highest BCUT2D eigenvalue weighted by Crippen LogP contribution is 2.41. The van der Waals surface area contributed by atoms with Crippen LogP contribution < -0.4 is 5.32 Å². The average molecular weight is 716 g/mol. The molecular formula is C34H29N5O9S2. The zero-order chi connectivity index (χ0) is 36.4. The fraction of sp³-hybridized carbons (Fsp3) is 0.0882. The number of nitrogens with one attached hydrogen (secondary N) is 1. The minimum absolute atomic E-state index is 0.0568. The number of fused-ring (bicyclic) bond motifs is 1. The second-order valence-electron chi connectivity index (χ2n) is 11.1. The van der Waals surface area contributed by atoms with E-state index in [1.807, 2.05) is 19.9 Å². The summed E-state index contributed by atoms with van der Waals surface area (Å²) in [5.41, 5.74) is 3.96. The maximum atomic E-state index is 12.7. The second-order valence-corrected chi connectivity index (χ2v) is 13.9. The molecular weight excluding hydrogens is 687 g/mol. The third-order valence-corrected chi connectivity index (χ3v) is 9.12. The summed E-state index contributed by atoms with van der Waals surface area (Å²) in [5, 5.41) is 39.2. The smallest absolute Gasteiger partial charge is 0.295 e. The summed E-state index contributed by atoms with van der Waals surface area (Å²) >= 11 is 0. The fourth-order valence-electron chi connectivity index (χ4n) is 5.06. The summed E-state index contributed by atoms with van der Waals surface area (Å²) in [6.45, 7) is 5.03. The van der Waals surface area contributed by atoms with E-state index in [1.54, 1.807) is 60.7 Å². The zero-order valence-electron chi connectivity index (χ0n) is 26.6. The Bertz CT molecular complexity index is 2480. The van der Waals surface area contributed by atoms with Crippen LogP contribution in [0.3, 0.4) is 0 Å². The minimum atomic E-state index is -5.04. The lowest BCUT2D eigenvalue weighted by molar-refractivity contribution is -0.113. The normalized spacial score (nSPS) is 12.8. The molecule has 5 aromatic rings. The molecule has 5 aromatic carbocycles. The van der Waals surface area contributed by atoms with E-state index in [1.165, 1.54) is 13.0 Å². The molecule has 0 saturated heterocycles. The predicted octanol–water partition coefficient (Wildman–Crippen LogP) is 8.25. The van der Waals surface area contributed by atoms with Crippen molar-refractivity contribution in [2.24, 2.45) is 20.5 Å². The molecule has 0 bridgehead atoms. The largest absolute Gasteiger partial charge is 0.510 e. The van der Waals surface area contributed by atoms with Crippen molar-refractivity contribution in [3.8, 4) is 16.9 Å². The van der Waals surface area contributed by atoms with Crippen LogP contribution in [0.4, 0.5) is 22.7 Å². The van der Waals surface area contributed by atoms with Gasteiger partial charge in [0.1, 0.15) is 22.1 Å². The van der Waals surface area contributed by atoms with E-state index in [0.717, 1.165) is 34.4 Å². The first kappa shape index (κ1) is 35.5. The highest BCUT2D eigenvalue weighted by atomic mass is 32.2.